The van der Waals surface area contributed by atoms with Gasteiger partial charge in [0.2, 0.25) is 0 Å². The molecule has 45 heavy (non-hydrogen) atoms. The summed E-state index contributed by atoms with van der Waals surface area (Å²) in [6.45, 7) is 5.24. The molecule has 0 amide bonds. The van der Waals surface area contributed by atoms with Gasteiger partial charge in [0, 0.05) is 27.2 Å². The second-order valence-corrected chi connectivity index (χ2v) is 11.9. The van der Waals surface area contributed by atoms with E-state index in [0.29, 0.717) is 53.3 Å². The lowest BCUT2D eigenvalue weighted by Gasteiger charge is -2.24. The minimum absolute atomic E-state index is 0.106. The van der Waals surface area contributed by atoms with Crippen LogP contribution in [0, 0.1) is 17.0 Å². The minimum atomic E-state index is -0.980. The van der Waals surface area contributed by atoms with Crippen molar-refractivity contribution in [1.82, 2.24) is 4.57 Å². The van der Waals surface area contributed by atoms with E-state index < -0.39 is 22.5 Å². The quantitative estimate of drug-likeness (QED) is 0.124. The third-order valence-corrected chi connectivity index (χ3v) is 8.72. The summed E-state index contributed by atoms with van der Waals surface area (Å²) in [4.78, 5) is 43.3. The highest BCUT2D eigenvalue weighted by Crippen LogP contribution is 2.34. The monoisotopic (exact) mass is 667 g/mol. The van der Waals surface area contributed by atoms with Crippen molar-refractivity contribution in [2.45, 2.75) is 33.4 Å². The van der Waals surface area contributed by atoms with Crippen LogP contribution in [0.5, 0.6) is 11.5 Å². The number of carbonyl (C=O) groups is 1. The molecule has 1 aliphatic heterocycles. The van der Waals surface area contributed by atoms with Crippen LogP contribution in [-0.4, -0.2) is 29.2 Å². The van der Waals surface area contributed by atoms with Gasteiger partial charge in [-0.25, -0.2) is 9.79 Å². The summed E-state index contributed by atoms with van der Waals surface area (Å²) in [7, 11) is 1.51. The van der Waals surface area contributed by atoms with Crippen molar-refractivity contribution in [3.8, 4) is 11.5 Å². The molecule has 0 fully saturated rings. The third kappa shape index (κ3) is 6.51. The molecule has 1 atom stereocenters. The van der Waals surface area contributed by atoms with E-state index in [1.54, 1.807) is 75.4 Å². The molecule has 2 heterocycles. The lowest BCUT2D eigenvalue weighted by atomic mass is 9.94. The van der Waals surface area contributed by atoms with Gasteiger partial charge >= 0.3 is 5.97 Å². The third-order valence-electron chi connectivity index (χ3n) is 7.15. The Balaban J connectivity index is 1.57. The second kappa shape index (κ2) is 13.3. The predicted molar refractivity (Wildman–Crippen MR) is 172 cm³/mol. The molecule has 0 N–H and O–H groups in total. The van der Waals surface area contributed by atoms with Crippen molar-refractivity contribution in [2.75, 3.05) is 13.7 Å². The van der Waals surface area contributed by atoms with E-state index in [9.17, 15) is 19.7 Å². The highest BCUT2D eigenvalue weighted by molar-refractivity contribution is 7.07. The van der Waals surface area contributed by atoms with Gasteiger partial charge in [0.1, 0.15) is 6.61 Å². The minimum Gasteiger partial charge on any atom is -0.493 e. The molecule has 13 heteroatoms. The van der Waals surface area contributed by atoms with Gasteiger partial charge in [0.25, 0.3) is 11.2 Å². The molecule has 1 aliphatic rings. The van der Waals surface area contributed by atoms with Gasteiger partial charge in [0.05, 0.1) is 40.5 Å². The highest BCUT2D eigenvalue weighted by atomic mass is 35.5. The topological polar surface area (TPSA) is 122 Å². The van der Waals surface area contributed by atoms with E-state index in [2.05, 4.69) is 4.99 Å². The predicted octanol–water partition coefficient (Wildman–Crippen LogP) is 5.91. The normalized spacial score (nSPS) is 14.5. The molecular weight excluding hydrogens is 641 g/mol. The van der Waals surface area contributed by atoms with Crippen molar-refractivity contribution >= 4 is 52.3 Å². The zero-order valence-corrected chi connectivity index (χ0v) is 27.0. The van der Waals surface area contributed by atoms with E-state index in [4.69, 9.17) is 37.4 Å². The molecule has 0 aliphatic carbocycles. The van der Waals surface area contributed by atoms with Crippen LogP contribution in [0.3, 0.4) is 0 Å². The number of benzene rings is 3. The van der Waals surface area contributed by atoms with Crippen LogP contribution < -0.4 is 24.4 Å². The lowest BCUT2D eigenvalue weighted by Crippen LogP contribution is -2.40. The van der Waals surface area contributed by atoms with Gasteiger partial charge in [-0.2, -0.15) is 0 Å². The average molecular weight is 669 g/mol. The molecule has 0 saturated carbocycles. The average Bonchev–Trinajstić information content (AvgIpc) is 3.30. The van der Waals surface area contributed by atoms with Crippen LogP contribution in [0.4, 0.5) is 5.69 Å². The van der Waals surface area contributed by atoms with Gasteiger partial charge in [-0.3, -0.25) is 19.5 Å². The fourth-order valence-electron chi connectivity index (χ4n) is 4.94. The Kier molecular flexibility index (Phi) is 9.42. The number of ether oxygens (including phenoxy) is 3. The number of thiazole rings is 1. The standard InChI is InChI=1S/C32H27Cl2N3O7S/c1-5-43-31(39)28-18(3)35-32-36(29(28)20-8-6-17(2)24(14-20)37(40)41)30(38)27(45-32)13-19-7-11-25(26(12-19)42-4)44-16-21-9-10-22(33)15-23(21)34/h6-15,29H,5,16H2,1-4H3/b27-13+/t29-/m0/s1. The summed E-state index contributed by atoms with van der Waals surface area (Å²) < 4.78 is 18.5. The number of nitro benzene ring substituents is 1. The lowest BCUT2D eigenvalue weighted by molar-refractivity contribution is -0.385. The number of nitro groups is 1. The molecule has 0 unspecified atom stereocenters. The molecule has 0 saturated heterocycles. The highest BCUT2D eigenvalue weighted by Gasteiger charge is 2.34. The first-order valence-electron chi connectivity index (χ1n) is 13.7. The Morgan fingerprint density at radius 3 is 2.58 bits per heavy atom. The van der Waals surface area contributed by atoms with E-state index in [1.165, 1.54) is 17.7 Å². The Morgan fingerprint density at radius 2 is 1.89 bits per heavy atom. The zero-order chi connectivity index (χ0) is 32.4. The number of rotatable bonds is 9. The van der Waals surface area contributed by atoms with E-state index in [-0.39, 0.29) is 24.5 Å². The molecule has 5 rings (SSSR count). The maximum atomic E-state index is 14.0. The van der Waals surface area contributed by atoms with E-state index in [1.807, 2.05) is 0 Å². The van der Waals surface area contributed by atoms with Gasteiger partial charge in [0.15, 0.2) is 16.3 Å². The van der Waals surface area contributed by atoms with Crippen LogP contribution in [0.15, 0.2) is 75.7 Å². The second-order valence-electron chi connectivity index (χ2n) is 10.0. The van der Waals surface area contributed by atoms with Crippen molar-refractivity contribution < 1.29 is 23.9 Å². The maximum absolute atomic E-state index is 14.0. The molecule has 0 bridgehead atoms. The number of methoxy groups -OCH3 is 1. The number of allylic oxidation sites excluding steroid dienone is 1. The number of hydrogen-bond acceptors (Lipinski definition) is 9. The number of aryl methyl sites for hydroxylation is 1. The van der Waals surface area contributed by atoms with E-state index >= 15 is 0 Å². The van der Waals surface area contributed by atoms with Crippen LogP contribution in [-0.2, 0) is 16.1 Å². The van der Waals surface area contributed by atoms with Gasteiger partial charge in [-0.05, 0) is 62.2 Å². The first-order chi connectivity index (χ1) is 21.5. The molecule has 1 aromatic heterocycles. The molecule has 10 nitrogen and oxygen atoms in total. The number of fused-ring (bicyclic) bond motifs is 1. The van der Waals surface area contributed by atoms with E-state index in [0.717, 1.165) is 16.9 Å². The zero-order valence-electron chi connectivity index (χ0n) is 24.6. The summed E-state index contributed by atoms with van der Waals surface area (Å²) in [6.07, 6.45) is 1.68. The Labute approximate surface area is 271 Å². The number of hydrogen-bond donors (Lipinski definition) is 0. The molecule has 0 spiro atoms. The van der Waals surface area contributed by atoms with Crippen molar-refractivity contribution in [3.63, 3.8) is 0 Å². The first kappa shape index (κ1) is 32.0. The number of nitrogens with zero attached hydrogens (tertiary/aromatic N) is 3. The van der Waals surface area contributed by atoms with Crippen LogP contribution >= 0.6 is 34.5 Å². The maximum Gasteiger partial charge on any atom is 0.338 e. The number of esters is 1. The Hall–Kier alpha value is -4.45. The number of carbonyl (C=O) groups excluding carboxylic acids is 1. The summed E-state index contributed by atoms with van der Waals surface area (Å²) in [5.41, 5.74) is 2.19. The Bertz CT molecular complexity index is 2050. The van der Waals surface area contributed by atoms with Crippen molar-refractivity contribution in [2.24, 2.45) is 4.99 Å². The fraction of sp³-hybridized carbons (Fsp3) is 0.219. The van der Waals surface area contributed by atoms with Gasteiger partial charge in [-0.1, -0.05) is 58.8 Å². The Morgan fingerprint density at radius 1 is 1.11 bits per heavy atom. The SMILES string of the molecule is CCOC(=O)C1=C(C)N=c2s/c(=C/c3ccc(OCc4ccc(Cl)cc4Cl)c(OC)c3)c(=O)n2[C@H]1c1ccc(C)c([N+](=O)[O-])c1. The van der Waals surface area contributed by atoms with Crippen LogP contribution in [0.1, 0.15) is 42.1 Å². The summed E-state index contributed by atoms with van der Waals surface area (Å²) in [5, 5.41) is 12.8. The van der Waals surface area contributed by atoms with Crippen LogP contribution in [0.2, 0.25) is 10.0 Å². The molecule has 4 aromatic rings. The number of halogens is 2. The van der Waals surface area contributed by atoms with Gasteiger partial charge < -0.3 is 14.2 Å². The molecule has 232 valence electrons. The summed E-state index contributed by atoms with van der Waals surface area (Å²) in [6, 6.07) is 14.0. The van der Waals surface area contributed by atoms with Gasteiger partial charge in [-0.15, -0.1) is 0 Å². The van der Waals surface area contributed by atoms with Crippen LogP contribution in [0.25, 0.3) is 6.08 Å². The first-order valence-corrected chi connectivity index (χ1v) is 15.3. The molecular formula is C32H27Cl2N3O7S. The van der Waals surface area contributed by atoms with Crippen molar-refractivity contribution in [3.05, 3.63) is 128 Å². The molecule has 0 radical (unpaired) electrons. The summed E-state index contributed by atoms with van der Waals surface area (Å²) >= 11 is 13.4. The molecule has 3 aromatic carbocycles. The largest absolute Gasteiger partial charge is 0.493 e. The number of aromatic nitrogens is 1. The fourth-order valence-corrected chi connectivity index (χ4v) is 6.45. The van der Waals surface area contributed by atoms with Crippen molar-refractivity contribution in [1.29, 1.82) is 0 Å². The summed E-state index contributed by atoms with van der Waals surface area (Å²) in [5.74, 6) is 0.256. The smallest absolute Gasteiger partial charge is 0.338 e.